The zero-order chi connectivity index (χ0) is 14.9. The lowest BCUT2D eigenvalue weighted by Crippen LogP contribution is -2.58. The normalized spacial score (nSPS) is 35.2. The lowest BCUT2D eigenvalue weighted by atomic mass is 10.00. The Bertz CT molecular complexity index is 390. The Hall–Kier alpha value is -1.67. The molecule has 2 heterocycles. The molecule has 0 N–H and O–H groups in total. The fourth-order valence-corrected chi connectivity index (χ4v) is 2.31. The van der Waals surface area contributed by atoms with Gasteiger partial charge in [-0.2, -0.15) is 0 Å². The van der Waals surface area contributed by atoms with Gasteiger partial charge in [-0.25, -0.2) is 0 Å². The molecule has 0 aromatic rings. The molecule has 0 saturated carbocycles. The molecule has 8 nitrogen and oxygen atoms in total. The van der Waals surface area contributed by atoms with Crippen LogP contribution in [0.25, 0.3) is 0 Å². The first-order valence-corrected chi connectivity index (χ1v) is 6.17. The molecule has 0 aliphatic carbocycles. The summed E-state index contributed by atoms with van der Waals surface area (Å²) in [5.41, 5.74) is 0. The molecule has 2 fully saturated rings. The number of hydrogen-bond acceptors (Lipinski definition) is 8. The van der Waals surface area contributed by atoms with E-state index >= 15 is 0 Å². The van der Waals surface area contributed by atoms with Crippen LogP contribution in [-0.2, 0) is 38.1 Å². The first-order chi connectivity index (χ1) is 9.38. The average Bonchev–Trinajstić information content (AvgIpc) is 2.74. The molecule has 2 aliphatic rings. The van der Waals surface area contributed by atoms with Crippen LogP contribution in [0.5, 0.6) is 0 Å². The lowest BCUT2D eigenvalue weighted by molar-refractivity contribution is -0.250. The third kappa shape index (κ3) is 3.07. The van der Waals surface area contributed by atoms with Crippen LogP contribution in [0.3, 0.4) is 0 Å². The molecule has 0 radical (unpaired) electrons. The second-order valence-electron chi connectivity index (χ2n) is 4.60. The maximum absolute atomic E-state index is 11.2. The van der Waals surface area contributed by atoms with Gasteiger partial charge in [0.05, 0.1) is 6.61 Å². The third-order valence-corrected chi connectivity index (χ3v) is 2.92. The molecule has 20 heavy (non-hydrogen) atoms. The number of esters is 3. The van der Waals surface area contributed by atoms with Gasteiger partial charge in [-0.05, 0) is 0 Å². The molecule has 2 rings (SSSR count). The van der Waals surface area contributed by atoms with E-state index in [0.717, 1.165) is 0 Å². The van der Waals surface area contributed by atoms with Crippen molar-refractivity contribution in [1.29, 1.82) is 0 Å². The van der Waals surface area contributed by atoms with Gasteiger partial charge in [0.25, 0.3) is 0 Å². The lowest BCUT2D eigenvalue weighted by Gasteiger charge is -2.38. The maximum Gasteiger partial charge on any atom is 0.303 e. The molecule has 0 aromatic heterocycles. The predicted molar refractivity (Wildman–Crippen MR) is 61.3 cm³/mol. The maximum atomic E-state index is 11.2. The van der Waals surface area contributed by atoms with Crippen molar-refractivity contribution in [2.24, 2.45) is 0 Å². The van der Waals surface area contributed by atoms with Gasteiger partial charge in [0, 0.05) is 20.8 Å². The van der Waals surface area contributed by atoms with Crippen molar-refractivity contribution in [2.75, 3.05) is 6.61 Å². The first-order valence-electron chi connectivity index (χ1n) is 6.17. The van der Waals surface area contributed by atoms with E-state index in [9.17, 15) is 14.4 Å². The summed E-state index contributed by atoms with van der Waals surface area (Å²) in [5, 5.41) is 0. The smallest absolute Gasteiger partial charge is 0.303 e. The summed E-state index contributed by atoms with van der Waals surface area (Å²) >= 11 is 0. The van der Waals surface area contributed by atoms with E-state index in [2.05, 4.69) is 0 Å². The molecule has 112 valence electrons. The minimum Gasteiger partial charge on any atom is -0.456 e. The van der Waals surface area contributed by atoms with Crippen molar-refractivity contribution in [3.8, 4) is 0 Å². The van der Waals surface area contributed by atoms with Crippen LogP contribution in [-0.4, -0.2) is 55.2 Å². The van der Waals surface area contributed by atoms with Crippen LogP contribution in [0, 0.1) is 0 Å². The fraction of sp³-hybridized carbons (Fsp3) is 0.750. The standard InChI is InChI=1S/C12H16O8/c1-5(13)17-9-8-4-16-12(20-8)11(19-7(3)15)10(9)18-6(2)14/h8-12H,4H2,1-3H3/t8-,9-,10+,11-,12?/m1/s1. The van der Waals surface area contributed by atoms with Crippen LogP contribution in [0.1, 0.15) is 20.8 Å². The summed E-state index contributed by atoms with van der Waals surface area (Å²) in [6, 6.07) is 0. The summed E-state index contributed by atoms with van der Waals surface area (Å²) in [4.78, 5) is 33.6. The zero-order valence-electron chi connectivity index (χ0n) is 11.4. The van der Waals surface area contributed by atoms with E-state index < -0.39 is 48.6 Å². The first kappa shape index (κ1) is 14.7. The number of carbonyl (C=O) groups excluding carboxylic acids is 3. The molecular formula is C12H16O8. The van der Waals surface area contributed by atoms with E-state index in [-0.39, 0.29) is 6.61 Å². The molecule has 2 bridgehead atoms. The van der Waals surface area contributed by atoms with E-state index in [4.69, 9.17) is 23.7 Å². The van der Waals surface area contributed by atoms with Gasteiger partial charge in [0.2, 0.25) is 0 Å². The Balaban J connectivity index is 2.24. The predicted octanol–water partition coefficient (Wildman–Crippen LogP) is -0.463. The van der Waals surface area contributed by atoms with Crippen molar-refractivity contribution in [3.63, 3.8) is 0 Å². The van der Waals surface area contributed by atoms with Crippen molar-refractivity contribution < 1.29 is 38.1 Å². The summed E-state index contributed by atoms with van der Waals surface area (Å²) in [6.07, 6.45) is -4.19. The van der Waals surface area contributed by atoms with Gasteiger partial charge in [0.1, 0.15) is 6.10 Å². The largest absolute Gasteiger partial charge is 0.456 e. The number of ether oxygens (including phenoxy) is 5. The number of hydrogen-bond donors (Lipinski definition) is 0. The van der Waals surface area contributed by atoms with Gasteiger partial charge >= 0.3 is 17.9 Å². The number of fused-ring (bicyclic) bond motifs is 2. The van der Waals surface area contributed by atoms with Crippen LogP contribution in [0.15, 0.2) is 0 Å². The molecular weight excluding hydrogens is 272 g/mol. The SMILES string of the molecule is CC(=O)O[C@H]1[C@H](OC(C)=O)[C@@H](OC(C)=O)C2OC[C@H]1O2. The molecule has 5 atom stereocenters. The molecule has 8 heteroatoms. The minimum absolute atomic E-state index is 0.165. The number of carbonyl (C=O) groups is 3. The Morgan fingerprint density at radius 1 is 0.850 bits per heavy atom. The Morgan fingerprint density at radius 3 is 1.90 bits per heavy atom. The topological polar surface area (TPSA) is 97.4 Å². The fourth-order valence-electron chi connectivity index (χ4n) is 2.31. The number of rotatable bonds is 3. The zero-order valence-corrected chi connectivity index (χ0v) is 11.4. The highest BCUT2D eigenvalue weighted by Gasteiger charge is 2.55. The summed E-state index contributed by atoms with van der Waals surface area (Å²) in [7, 11) is 0. The van der Waals surface area contributed by atoms with Gasteiger partial charge in [-0.15, -0.1) is 0 Å². The second-order valence-corrected chi connectivity index (χ2v) is 4.60. The Kier molecular flexibility index (Phi) is 4.24. The van der Waals surface area contributed by atoms with Crippen molar-refractivity contribution in [1.82, 2.24) is 0 Å². The van der Waals surface area contributed by atoms with Crippen molar-refractivity contribution in [3.05, 3.63) is 0 Å². The van der Waals surface area contributed by atoms with Gasteiger partial charge < -0.3 is 23.7 Å². The highest BCUT2D eigenvalue weighted by molar-refractivity contribution is 5.68. The molecule has 0 spiro atoms. The van der Waals surface area contributed by atoms with Crippen molar-refractivity contribution >= 4 is 17.9 Å². The van der Waals surface area contributed by atoms with Crippen LogP contribution < -0.4 is 0 Å². The van der Waals surface area contributed by atoms with E-state index in [1.165, 1.54) is 20.8 Å². The van der Waals surface area contributed by atoms with Crippen molar-refractivity contribution in [2.45, 2.75) is 51.5 Å². The van der Waals surface area contributed by atoms with Crippen LogP contribution >= 0.6 is 0 Å². The summed E-state index contributed by atoms with van der Waals surface area (Å²) in [5.74, 6) is -1.71. The van der Waals surface area contributed by atoms with E-state index in [1.54, 1.807) is 0 Å². The second kappa shape index (κ2) is 5.76. The molecule has 0 amide bonds. The quantitative estimate of drug-likeness (QED) is 0.508. The van der Waals surface area contributed by atoms with Crippen LogP contribution in [0.4, 0.5) is 0 Å². The average molecular weight is 288 g/mol. The third-order valence-electron chi connectivity index (χ3n) is 2.92. The van der Waals surface area contributed by atoms with Gasteiger partial charge in [-0.3, -0.25) is 14.4 Å². The van der Waals surface area contributed by atoms with Gasteiger partial charge in [0.15, 0.2) is 24.6 Å². The van der Waals surface area contributed by atoms with Gasteiger partial charge in [-0.1, -0.05) is 0 Å². The molecule has 2 aliphatic heterocycles. The highest BCUT2D eigenvalue weighted by atomic mass is 16.8. The molecule has 0 aromatic carbocycles. The van der Waals surface area contributed by atoms with E-state index in [0.29, 0.717) is 0 Å². The Labute approximate surface area is 115 Å². The Morgan fingerprint density at radius 2 is 1.35 bits per heavy atom. The highest BCUT2D eigenvalue weighted by Crippen LogP contribution is 2.33. The summed E-state index contributed by atoms with van der Waals surface area (Å²) in [6.45, 7) is 3.83. The van der Waals surface area contributed by atoms with E-state index in [1.807, 2.05) is 0 Å². The molecule has 1 unspecified atom stereocenters. The molecule has 2 saturated heterocycles. The minimum atomic E-state index is -0.973. The monoisotopic (exact) mass is 288 g/mol. The summed E-state index contributed by atoms with van der Waals surface area (Å²) < 4.78 is 26.2. The van der Waals surface area contributed by atoms with Crippen LogP contribution in [0.2, 0.25) is 0 Å².